The van der Waals surface area contributed by atoms with Crippen molar-refractivity contribution in [2.24, 2.45) is 0 Å². The highest BCUT2D eigenvalue weighted by Gasteiger charge is 2.17. The van der Waals surface area contributed by atoms with Gasteiger partial charge in [-0.3, -0.25) is 19.1 Å². The monoisotopic (exact) mass is 430 g/mol. The average Bonchev–Trinajstić information content (AvgIpc) is 2.82. The Bertz CT molecular complexity index is 1290. The Kier molecular flexibility index (Phi) is 6.35. The fraction of sp³-hybridized carbons (Fsp3) is 0.200. The molecule has 2 aromatic heterocycles. The van der Waals surface area contributed by atoms with E-state index in [-0.39, 0.29) is 17.8 Å². The summed E-state index contributed by atoms with van der Waals surface area (Å²) in [6.45, 7) is 2.65. The molecule has 32 heavy (non-hydrogen) atoms. The van der Waals surface area contributed by atoms with E-state index >= 15 is 0 Å². The summed E-state index contributed by atoms with van der Waals surface area (Å²) >= 11 is 0. The van der Waals surface area contributed by atoms with Gasteiger partial charge in [0.05, 0.1) is 17.2 Å². The summed E-state index contributed by atoms with van der Waals surface area (Å²) in [5.41, 5.74) is 3.04. The summed E-state index contributed by atoms with van der Waals surface area (Å²) in [4.78, 5) is 36.1. The zero-order chi connectivity index (χ0) is 22.5. The third-order valence-corrected chi connectivity index (χ3v) is 5.35. The van der Waals surface area contributed by atoms with Crippen LogP contribution in [0.2, 0.25) is 0 Å². The highest BCUT2D eigenvalue weighted by molar-refractivity contribution is 5.79. The SMILES string of the molecule is CCc1ccc(CN(Cc2cccnc2)C(=O)Cn2cnc3ccc(F)cc3c2=O)cc1. The first kappa shape index (κ1) is 21.4. The third kappa shape index (κ3) is 4.88. The average molecular weight is 430 g/mol. The molecule has 6 nitrogen and oxygen atoms in total. The highest BCUT2D eigenvalue weighted by Crippen LogP contribution is 2.13. The van der Waals surface area contributed by atoms with Gasteiger partial charge < -0.3 is 4.90 Å². The van der Waals surface area contributed by atoms with Gasteiger partial charge in [0.15, 0.2) is 0 Å². The summed E-state index contributed by atoms with van der Waals surface area (Å²) < 4.78 is 14.8. The topological polar surface area (TPSA) is 68.1 Å². The van der Waals surface area contributed by atoms with Crippen LogP contribution in [0.15, 0.2) is 78.1 Å². The lowest BCUT2D eigenvalue weighted by Crippen LogP contribution is -2.36. The molecular weight excluding hydrogens is 407 g/mol. The molecule has 0 saturated carbocycles. The Hall–Kier alpha value is -3.87. The lowest BCUT2D eigenvalue weighted by atomic mass is 10.1. The van der Waals surface area contributed by atoms with Crippen molar-refractivity contribution in [2.75, 3.05) is 0 Å². The van der Waals surface area contributed by atoms with Crippen molar-refractivity contribution in [3.8, 4) is 0 Å². The van der Waals surface area contributed by atoms with Crippen LogP contribution in [0.4, 0.5) is 4.39 Å². The first-order chi connectivity index (χ1) is 15.5. The number of amides is 1. The van der Waals surface area contributed by atoms with Crippen LogP contribution in [0.5, 0.6) is 0 Å². The molecule has 4 rings (SSSR count). The Balaban J connectivity index is 1.61. The molecule has 0 aliphatic rings. The molecule has 0 aliphatic carbocycles. The number of carbonyl (C=O) groups excluding carboxylic acids is 1. The molecule has 0 aliphatic heterocycles. The van der Waals surface area contributed by atoms with Crippen molar-refractivity contribution in [3.63, 3.8) is 0 Å². The second kappa shape index (κ2) is 9.51. The van der Waals surface area contributed by atoms with Crippen LogP contribution in [0, 0.1) is 5.82 Å². The van der Waals surface area contributed by atoms with Gasteiger partial charge in [-0.1, -0.05) is 37.3 Å². The summed E-state index contributed by atoms with van der Waals surface area (Å²) in [6.07, 6.45) is 5.67. The second-order valence-electron chi connectivity index (χ2n) is 7.62. The van der Waals surface area contributed by atoms with Crippen molar-refractivity contribution >= 4 is 16.8 Å². The summed E-state index contributed by atoms with van der Waals surface area (Å²) in [5, 5.41) is 0.147. The number of aromatic nitrogens is 3. The van der Waals surface area contributed by atoms with Gasteiger partial charge in [0.2, 0.25) is 5.91 Å². The number of nitrogens with zero attached hydrogens (tertiary/aromatic N) is 4. The highest BCUT2D eigenvalue weighted by atomic mass is 19.1. The number of pyridine rings is 1. The molecule has 162 valence electrons. The zero-order valence-corrected chi connectivity index (χ0v) is 17.7. The van der Waals surface area contributed by atoms with E-state index in [0.29, 0.717) is 18.6 Å². The maximum absolute atomic E-state index is 13.6. The number of aryl methyl sites for hydroxylation is 1. The number of hydrogen-bond acceptors (Lipinski definition) is 4. The molecule has 0 spiro atoms. The van der Waals surface area contributed by atoms with Crippen molar-refractivity contribution in [3.05, 3.63) is 106 Å². The summed E-state index contributed by atoms with van der Waals surface area (Å²) in [5.74, 6) is -0.762. The predicted octanol–water partition coefficient (Wildman–Crippen LogP) is 3.72. The van der Waals surface area contributed by atoms with Gasteiger partial charge in [-0.15, -0.1) is 0 Å². The minimum Gasteiger partial charge on any atom is -0.332 e. The maximum atomic E-state index is 13.6. The van der Waals surface area contributed by atoms with Crippen LogP contribution < -0.4 is 5.56 Å². The van der Waals surface area contributed by atoms with E-state index in [1.165, 1.54) is 28.6 Å². The van der Waals surface area contributed by atoms with E-state index < -0.39 is 11.4 Å². The molecule has 0 radical (unpaired) electrons. The van der Waals surface area contributed by atoms with Crippen LogP contribution >= 0.6 is 0 Å². The normalized spacial score (nSPS) is 10.9. The third-order valence-electron chi connectivity index (χ3n) is 5.35. The largest absolute Gasteiger partial charge is 0.332 e. The lowest BCUT2D eigenvalue weighted by Gasteiger charge is -2.23. The number of carbonyl (C=O) groups is 1. The molecule has 0 fully saturated rings. The molecule has 4 aromatic rings. The standard InChI is InChI=1S/C25H23FN4O2/c1-2-18-5-7-19(8-6-18)14-29(15-20-4-3-11-27-13-20)24(31)16-30-17-28-23-10-9-21(26)12-22(23)25(30)32/h3-13,17H,2,14-16H2,1H3. The first-order valence-electron chi connectivity index (χ1n) is 10.4. The Morgan fingerprint density at radius 2 is 1.78 bits per heavy atom. The van der Waals surface area contributed by atoms with E-state index in [1.807, 2.05) is 36.4 Å². The fourth-order valence-corrected chi connectivity index (χ4v) is 3.53. The van der Waals surface area contributed by atoms with Crippen molar-refractivity contribution < 1.29 is 9.18 Å². The van der Waals surface area contributed by atoms with E-state index in [0.717, 1.165) is 23.6 Å². The number of hydrogen-bond donors (Lipinski definition) is 0. The Morgan fingerprint density at radius 1 is 1.03 bits per heavy atom. The molecule has 1 amide bonds. The van der Waals surface area contributed by atoms with Crippen LogP contribution in [0.3, 0.4) is 0 Å². The van der Waals surface area contributed by atoms with Crippen molar-refractivity contribution in [2.45, 2.75) is 33.0 Å². The zero-order valence-electron chi connectivity index (χ0n) is 17.7. The van der Waals surface area contributed by atoms with Gasteiger partial charge in [-0.2, -0.15) is 0 Å². The molecule has 2 aromatic carbocycles. The molecular formula is C25H23FN4O2. The summed E-state index contributed by atoms with van der Waals surface area (Å²) in [6, 6.07) is 15.7. The summed E-state index contributed by atoms with van der Waals surface area (Å²) in [7, 11) is 0. The second-order valence-corrected chi connectivity index (χ2v) is 7.62. The van der Waals surface area contributed by atoms with Crippen LogP contribution in [0.1, 0.15) is 23.6 Å². The molecule has 0 atom stereocenters. The molecule has 7 heteroatoms. The number of benzene rings is 2. The van der Waals surface area contributed by atoms with Crippen molar-refractivity contribution in [1.82, 2.24) is 19.4 Å². The van der Waals surface area contributed by atoms with Gasteiger partial charge in [-0.25, -0.2) is 9.37 Å². The fourth-order valence-electron chi connectivity index (χ4n) is 3.53. The number of fused-ring (bicyclic) bond motifs is 1. The van der Waals surface area contributed by atoms with Gasteiger partial charge in [0.25, 0.3) is 5.56 Å². The quantitative estimate of drug-likeness (QED) is 0.448. The van der Waals surface area contributed by atoms with E-state index in [1.54, 1.807) is 17.3 Å². The van der Waals surface area contributed by atoms with Crippen LogP contribution in [0.25, 0.3) is 10.9 Å². The van der Waals surface area contributed by atoms with Gasteiger partial charge in [-0.05, 0) is 47.4 Å². The lowest BCUT2D eigenvalue weighted by molar-refractivity contribution is -0.133. The molecule has 0 saturated heterocycles. The van der Waals surface area contributed by atoms with E-state index in [9.17, 15) is 14.0 Å². The van der Waals surface area contributed by atoms with Gasteiger partial charge >= 0.3 is 0 Å². The van der Waals surface area contributed by atoms with Gasteiger partial charge in [0, 0.05) is 25.5 Å². The molecule has 0 unspecified atom stereocenters. The van der Waals surface area contributed by atoms with E-state index in [2.05, 4.69) is 16.9 Å². The molecule has 0 bridgehead atoms. The van der Waals surface area contributed by atoms with Gasteiger partial charge in [0.1, 0.15) is 12.4 Å². The number of halogens is 1. The molecule has 2 heterocycles. The smallest absolute Gasteiger partial charge is 0.261 e. The maximum Gasteiger partial charge on any atom is 0.261 e. The Labute approximate surface area is 185 Å². The predicted molar refractivity (Wildman–Crippen MR) is 120 cm³/mol. The minimum absolute atomic E-state index is 0.147. The number of rotatable bonds is 7. The molecule has 0 N–H and O–H groups in total. The van der Waals surface area contributed by atoms with Crippen LogP contribution in [-0.2, 0) is 30.8 Å². The minimum atomic E-state index is -0.519. The Morgan fingerprint density at radius 3 is 2.50 bits per heavy atom. The van der Waals surface area contributed by atoms with Crippen molar-refractivity contribution in [1.29, 1.82) is 0 Å². The first-order valence-corrected chi connectivity index (χ1v) is 10.4. The van der Waals surface area contributed by atoms with Crippen LogP contribution in [-0.4, -0.2) is 25.3 Å². The van der Waals surface area contributed by atoms with E-state index in [4.69, 9.17) is 0 Å².